The summed E-state index contributed by atoms with van der Waals surface area (Å²) in [4.78, 5) is 13.9. The molecule has 4 heteroatoms. The van der Waals surface area contributed by atoms with Gasteiger partial charge in [0.1, 0.15) is 5.75 Å². The van der Waals surface area contributed by atoms with Gasteiger partial charge in [0.05, 0.1) is 19.1 Å². The largest absolute Gasteiger partial charge is 0.497 e. The van der Waals surface area contributed by atoms with Crippen LogP contribution in [0, 0.1) is 0 Å². The normalized spacial score (nSPS) is 12.7. The fraction of sp³-hybridized carbons (Fsp3) is 0.632. The van der Waals surface area contributed by atoms with E-state index in [4.69, 9.17) is 4.74 Å². The van der Waals surface area contributed by atoms with Crippen LogP contribution in [-0.4, -0.2) is 43.2 Å². The van der Waals surface area contributed by atoms with Crippen LogP contribution in [-0.2, 0) is 4.79 Å². The second kappa shape index (κ2) is 11.9. The zero-order valence-electron chi connectivity index (χ0n) is 15.5. The third-order valence-corrected chi connectivity index (χ3v) is 3.67. The van der Waals surface area contributed by atoms with Gasteiger partial charge in [0.15, 0.2) is 0 Å². The molecule has 0 bridgehead atoms. The lowest BCUT2D eigenvalue weighted by atomic mass is 9.89. The van der Waals surface area contributed by atoms with Crippen LogP contribution < -0.4 is 4.74 Å². The maximum Gasteiger partial charge on any atom is 0.232 e. The third kappa shape index (κ3) is 7.04. The van der Waals surface area contributed by atoms with Gasteiger partial charge < -0.3 is 14.7 Å². The molecule has 0 aliphatic carbocycles. The highest BCUT2D eigenvalue weighted by molar-refractivity contribution is 5.84. The number of aliphatic hydroxyl groups is 1. The predicted molar refractivity (Wildman–Crippen MR) is 95.9 cm³/mol. The van der Waals surface area contributed by atoms with Crippen molar-refractivity contribution in [3.63, 3.8) is 0 Å². The molecule has 4 nitrogen and oxygen atoms in total. The van der Waals surface area contributed by atoms with E-state index in [1.54, 1.807) is 21.2 Å². The van der Waals surface area contributed by atoms with Gasteiger partial charge in [0.25, 0.3) is 0 Å². The van der Waals surface area contributed by atoms with Gasteiger partial charge in [-0.15, -0.1) is 0 Å². The number of likely N-dealkylation sites (N-methyl/N-ethyl adjacent to an activating group) is 1. The summed E-state index contributed by atoms with van der Waals surface area (Å²) in [5, 5.41) is 10.5. The van der Waals surface area contributed by atoms with Crippen molar-refractivity contribution in [1.29, 1.82) is 0 Å². The topological polar surface area (TPSA) is 49.8 Å². The summed E-state index contributed by atoms with van der Waals surface area (Å²) in [7, 11) is 5.05. The quantitative estimate of drug-likeness (QED) is 0.740. The van der Waals surface area contributed by atoms with Crippen LogP contribution in [0.4, 0.5) is 0 Å². The zero-order valence-corrected chi connectivity index (χ0v) is 15.5. The highest BCUT2D eigenvalue weighted by atomic mass is 16.5. The molecule has 0 radical (unpaired) electrons. The Morgan fingerprint density at radius 2 is 1.74 bits per heavy atom. The first-order chi connectivity index (χ1) is 11.0. The number of carbonyl (C=O) groups excluding carboxylic acids is 1. The average Bonchev–Trinajstić information content (AvgIpc) is 2.57. The molecule has 0 fully saturated rings. The highest BCUT2D eigenvalue weighted by Gasteiger charge is 2.29. The highest BCUT2D eigenvalue weighted by Crippen LogP contribution is 2.27. The molecule has 1 aromatic carbocycles. The number of hydrogen-bond donors (Lipinski definition) is 1. The standard InChI is InChI=1S/C17H27NO3.C2H6/c1-5-6-7-8-15(19)16(17(20)18(2)3)13-9-11-14(21-4)12-10-13;1-2/h9-12,15-16,19H,5-8H2,1-4H3;1-2H3. The van der Waals surface area contributed by atoms with E-state index in [9.17, 15) is 9.90 Å². The first-order valence-corrected chi connectivity index (χ1v) is 8.54. The predicted octanol–water partition coefficient (Wildman–Crippen LogP) is 3.83. The first-order valence-electron chi connectivity index (χ1n) is 8.54. The second-order valence-electron chi connectivity index (χ2n) is 5.55. The van der Waals surface area contributed by atoms with Gasteiger partial charge >= 0.3 is 0 Å². The zero-order chi connectivity index (χ0) is 17.8. The summed E-state index contributed by atoms with van der Waals surface area (Å²) >= 11 is 0. The molecule has 0 heterocycles. The summed E-state index contributed by atoms with van der Waals surface area (Å²) in [5.41, 5.74) is 0.832. The van der Waals surface area contributed by atoms with Gasteiger partial charge in [-0.25, -0.2) is 0 Å². The van der Waals surface area contributed by atoms with Crippen LogP contribution in [0.2, 0.25) is 0 Å². The lowest BCUT2D eigenvalue weighted by molar-refractivity contribution is -0.133. The molecule has 1 N–H and O–H groups in total. The maximum absolute atomic E-state index is 12.4. The van der Waals surface area contributed by atoms with E-state index in [1.807, 2.05) is 38.1 Å². The molecule has 0 aromatic heterocycles. The van der Waals surface area contributed by atoms with E-state index in [-0.39, 0.29) is 5.91 Å². The SMILES string of the molecule is CC.CCCCCC(O)C(C(=O)N(C)C)c1ccc(OC)cc1. The van der Waals surface area contributed by atoms with Crippen LogP contribution in [0.25, 0.3) is 0 Å². The molecule has 0 saturated heterocycles. The van der Waals surface area contributed by atoms with E-state index < -0.39 is 12.0 Å². The van der Waals surface area contributed by atoms with Crippen molar-refractivity contribution in [1.82, 2.24) is 4.90 Å². The molecule has 0 saturated carbocycles. The summed E-state index contributed by atoms with van der Waals surface area (Å²) in [6.07, 6.45) is 3.10. The minimum atomic E-state index is -0.653. The number of hydrogen-bond acceptors (Lipinski definition) is 3. The molecule has 1 rings (SSSR count). The summed E-state index contributed by atoms with van der Waals surface area (Å²) in [6.45, 7) is 6.12. The third-order valence-electron chi connectivity index (χ3n) is 3.67. The number of nitrogens with zero attached hydrogens (tertiary/aromatic N) is 1. The fourth-order valence-corrected chi connectivity index (χ4v) is 2.39. The van der Waals surface area contributed by atoms with Gasteiger partial charge in [-0.2, -0.15) is 0 Å². The summed E-state index contributed by atoms with van der Waals surface area (Å²) in [5.74, 6) is 0.169. The molecule has 2 atom stereocenters. The first kappa shape index (κ1) is 21.4. The number of methoxy groups -OCH3 is 1. The van der Waals surface area contributed by atoms with Crippen LogP contribution in [0.15, 0.2) is 24.3 Å². The van der Waals surface area contributed by atoms with E-state index in [2.05, 4.69) is 6.92 Å². The van der Waals surface area contributed by atoms with Gasteiger partial charge in [-0.1, -0.05) is 52.2 Å². The Morgan fingerprint density at radius 1 is 1.17 bits per heavy atom. The molecule has 0 aliphatic rings. The van der Waals surface area contributed by atoms with Gasteiger partial charge in [0.2, 0.25) is 5.91 Å². The number of amides is 1. The minimum Gasteiger partial charge on any atom is -0.497 e. The van der Waals surface area contributed by atoms with Gasteiger partial charge in [0, 0.05) is 14.1 Å². The van der Waals surface area contributed by atoms with Crippen molar-refractivity contribution in [2.45, 2.75) is 58.5 Å². The molecular formula is C19H33NO3. The molecule has 0 aliphatic heterocycles. The number of ether oxygens (including phenoxy) is 1. The molecular weight excluding hydrogens is 290 g/mol. The average molecular weight is 323 g/mol. The Labute approximate surface area is 141 Å². The molecule has 0 spiro atoms. The molecule has 2 unspecified atom stereocenters. The Bertz CT molecular complexity index is 429. The lowest BCUT2D eigenvalue weighted by Crippen LogP contribution is -2.35. The van der Waals surface area contributed by atoms with Crippen molar-refractivity contribution in [3.8, 4) is 5.75 Å². The van der Waals surface area contributed by atoms with E-state index in [1.165, 1.54) is 4.90 Å². The molecule has 23 heavy (non-hydrogen) atoms. The van der Waals surface area contributed by atoms with Crippen molar-refractivity contribution in [2.24, 2.45) is 0 Å². The summed E-state index contributed by atoms with van der Waals surface area (Å²) in [6, 6.07) is 7.36. The van der Waals surface area contributed by atoms with Crippen LogP contribution in [0.3, 0.4) is 0 Å². The van der Waals surface area contributed by atoms with Gasteiger partial charge in [-0.05, 0) is 24.1 Å². The Hall–Kier alpha value is -1.55. The molecule has 1 amide bonds. The van der Waals surface area contributed by atoms with Gasteiger partial charge in [-0.3, -0.25) is 4.79 Å². The van der Waals surface area contributed by atoms with E-state index >= 15 is 0 Å². The number of unbranched alkanes of at least 4 members (excludes halogenated alkanes) is 2. The summed E-state index contributed by atoms with van der Waals surface area (Å²) < 4.78 is 5.14. The lowest BCUT2D eigenvalue weighted by Gasteiger charge is -2.25. The van der Waals surface area contributed by atoms with Crippen molar-refractivity contribution >= 4 is 5.91 Å². The number of carbonyl (C=O) groups is 1. The van der Waals surface area contributed by atoms with Crippen LogP contribution in [0.1, 0.15) is 57.9 Å². The smallest absolute Gasteiger partial charge is 0.232 e. The van der Waals surface area contributed by atoms with E-state index in [0.717, 1.165) is 30.6 Å². The number of aliphatic hydroxyl groups excluding tert-OH is 1. The fourth-order valence-electron chi connectivity index (χ4n) is 2.39. The minimum absolute atomic E-state index is 0.0656. The molecule has 132 valence electrons. The Balaban J connectivity index is 0.00000232. The van der Waals surface area contributed by atoms with Crippen molar-refractivity contribution in [3.05, 3.63) is 29.8 Å². The second-order valence-corrected chi connectivity index (χ2v) is 5.55. The van der Waals surface area contributed by atoms with Crippen molar-refractivity contribution in [2.75, 3.05) is 21.2 Å². The Kier molecular flexibility index (Phi) is 11.1. The van der Waals surface area contributed by atoms with Crippen LogP contribution >= 0.6 is 0 Å². The maximum atomic E-state index is 12.4. The number of rotatable bonds is 8. The Morgan fingerprint density at radius 3 is 2.17 bits per heavy atom. The van der Waals surface area contributed by atoms with Crippen LogP contribution in [0.5, 0.6) is 5.75 Å². The molecule has 1 aromatic rings. The van der Waals surface area contributed by atoms with E-state index in [0.29, 0.717) is 6.42 Å². The number of benzene rings is 1. The monoisotopic (exact) mass is 323 g/mol. The van der Waals surface area contributed by atoms with Crippen molar-refractivity contribution < 1.29 is 14.6 Å².